The highest BCUT2D eigenvalue weighted by Gasteiger charge is 2.19. The van der Waals surface area contributed by atoms with Crippen LogP contribution < -0.4 is 0 Å². The van der Waals surface area contributed by atoms with Crippen LogP contribution in [0.5, 0.6) is 0 Å². The second-order valence-corrected chi connectivity index (χ2v) is 5.35. The van der Waals surface area contributed by atoms with E-state index in [0.29, 0.717) is 6.54 Å². The number of hydrogen-bond acceptors (Lipinski definition) is 2. The third kappa shape index (κ3) is 2.89. The molecule has 2 aromatic rings. The van der Waals surface area contributed by atoms with E-state index in [0.717, 1.165) is 40.4 Å². The van der Waals surface area contributed by atoms with Gasteiger partial charge in [0.2, 0.25) is 0 Å². The lowest BCUT2D eigenvalue weighted by molar-refractivity contribution is 0.197. The van der Waals surface area contributed by atoms with Crippen LogP contribution >= 0.6 is 11.6 Å². The summed E-state index contributed by atoms with van der Waals surface area (Å²) in [6.07, 6.45) is 1.18. The summed E-state index contributed by atoms with van der Waals surface area (Å²) in [6.45, 7) is 6.59. The summed E-state index contributed by atoms with van der Waals surface area (Å²) in [4.78, 5) is 0. The van der Waals surface area contributed by atoms with Crippen molar-refractivity contribution < 1.29 is 5.11 Å². The number of aliphatic hydroxyl groups is 1. The van der Waals surface area contributed by atoms with Gasteiger partial charge >= 0.3 is 0 Å². The Morgan fingerprint density at radius 2 is 1.95 bits per heavy atom. The van der Waals surface area contributed by atoms with Gasteiger partial charge in [-0.3, -0.25) is 4.68 Å². The van der Waals surface area contributed by atoms with Crippen molar-refractivity contribution in [1.29, 1.82) is 0 Å². The number of hydrogen-bond donors (Lipinski definition) is 1. The number of rotatable bonds is 5. The molecule has 2 rings (SSSR count). The molecule has 0 aliphatic carbocycles. The zero-order chi connectivity index (χ0) is 14.7. The standard InChI is InChI=1S/C16H21ClN2O/c1-4-14-16(11(3)20)15(5-2)19(18-14)10-12-8-6-7-9-13(12)17/h6-9,11,20H,4-5,10H2,1-3H3. The number of benzene rings is 1. The van der Waals surface area contributed by atoms with E-state index in [9.17, 15) is 5.11 Å². The lowest BCUT2D eigenvalue weighted by Crippen LogP contribution is -2.07. The van der Waals surface area contributed by atoms with Crippen LogP contribution in [0.25, 0.3) is 0 Å². The van der Waals surface area contributed by atoms with E-state index >= 15 is 0 Å². The fraction of sp³-hybridized carbons (Fsp3) is 0.438. The summed E-state index contributed by atoms with van der Waals surface area (Å²) in [7, 11) is 0. The van der Waals surface area contributed by atoms with Crippen molar-refractivity contribution in [2.75, 3.05) is 0 Å². The quantitative estimate of drug-likeness (QED) is 0.911. The number of nitrogens with zero attached hydrogens (tertiary/aromatic N) is 2. The molecule has 4 heteroatoms. The van der Waals surface area contributed by atoms with Crippen molar-refractivity contribution in [2.45, 2.75) is 46.3 Å². The Morgan fingerprint density at radius 3 is 2.50 bits per heavy atom. The Hall–Kier alpha value is -1.32. The van der Waals surface area contributed by atoms with Crippen LogP contribution in [0.2, 0.25) is 5.02 Å². The molecule has 0 amide bonds. The molecular formula is C16H21ClN2O. The number of halogens is 1. The van der Waals surface area contributed by atoms with Gasteiger partial charge < -0.3 is 5.11 Å². The zero-order valence-corrected chi connectivity index (χ0v) is 13.0. The number of aliphatic hydroxyl groups excluding tert-OH is 1. The Bertz CT molecular complexity index is 590. The summed E-state index contributed by atoms with van der Waals surface area (Å²) in [6, 6.07) is 7.81. The maximum atomic E-state index is 10.0. The van der Waals surface area contributed by atoms with Crippen LogP contribution in [0.1, 0.15) is 49.4 Å². The van der Waals surface area contributed by atoms with E-state index in [1.54, 1.807) is 6.92 Å². The van der Waals surface area contributed by atoms with Crippen LogP contribution in [0.4, 0.5) is 0 Å². The van der Waals surface area contributed by atoms with Crippen molar-refractivity contribution in [2.24, 2.45) is 0 Å². The highest BCUT2D eigenvalue weighted by atomic mass is 35.5. The first-order valence-corrected chi connectivity index (χ1v) is 7.46. The fourth-order valence-electron chi connectivity index (χ4n) is 2.60. The highest BCUT2D eigenvalue weighted by molar-refractivity contribution is 6.31. The molecule has 20 heavy (non-hydrogen) atoms. The Labute approximate surface area is 125 Å². The predicted octanol–water partition coefficient (Wildman–Crippen LogP) is 3.76. The van der Waals surface area contributed by atoms with E-state index in [1.165, 1.54) is 0 Å². The lowest BCUT2D eigenvalue weighted by atomic mass is 10.0. The van der Waals surface area contributed by atoms with E-state index in [2.05, 4.69) is 18.9 Å². The normalized spacial score (nSPS) is 12.7. The predicted molar refractivity (Wildman–Crippen MR) is 82.2 cm³/mol. The van der Waals surface area contributed by atoms with E-state index in [1.807, 2.05) is 28.9 Å². The molecule has 1 heterocycles. The summed E-state index contributed by atoms with van der Waals surface area (Å²) < 4.78 is 1.97. The van der Waals surface area contributed by atoms with Gasteiger partial charge in [0.15, 0.2) is 0 Å². The second-order valence-electron chi connectivity index (χ2n) is 4.94. The molecule has 0 aliphatic heterocycles. The maximum Gasteiger partial charge on any atom is 0.0798 e. The minimum Gasteiger partial charge on any atom is -0.389 e. The van der Waals surface area contributed by atoms with Gasteiger partial charge in [0, 0.05) is 16.3 Å². The lowest BCUT2D eigenvalue weighted by Gasteiger charge is -2.10. The van der Waals surface area contributed by atoms with Crippen LogP contribution in [-0.2, 0) is 19.4 Å². The largest absolute Gasteiger partial charge is 0.389 e. The molecule has 0 aliphatic rings. The Balaban J connectivity index is 2.44. The molecule has 0 saturated heterocycles. The monoisotopic (exact) mass is 292 g/mol. The van der Waals surface area contributed by atoms with Gasteiger partial charge in [0.25, 0.3) is 0 Å². The molecule has 0 bridgehead atoms. The minimum atomic E-state index is -0.486. The molecule has 0 saturated carbocycles. The topological polar surface area (TPSA) is 38.0 Å². The fourth-order valence-corrected chi connectivity index (χ4v) is 2.80. The Morgan fingerprint density at radius 1 is 1.25 bits per heavy atom. The van der Waals surface area contributed by atoms with Gasteiger partial charge in [-0.1, -0.05) is 43.6 Å². The first kappa shape index (κ1) is 15.1. The number of aryl methyl sites for hydroxylation is 1. The zero-order valence-electron chi connectivity index (χ0n) is 12.2. The molecule has 1 atom stereocenters. The van der Waals surface area contributed by atoms with Crippen LogP contribution in [0, 0.1) is 0 Å². The third-order valence-electron chi connectivity index (χ3n) is 3.54. The average Bonchev–Trinajstić information content (AvgIpc) is 2.79. The molecule has 0 radical (unpaired) electrons. The van der Waals surface area contributed by atoms with Crippen LogP contribution in [-0.4, -0.2) is 14.9 Å². The van der Waals surface area contributed by atoms with Crippen LogP contribution in [0.15, 0.2) is 24.3 Å². The van der Waals surface area contributed by atoms with E-state index in [4.69, 9.17) is 11.6 Å². The van der Waals surface area contributed by atoms with Gasteiger partial charge in [-0.2, -0.15) is 5.10 Å². The second kappa shape index (κ2) is 6.42. The molecule has 1 N–H and O–H groups in total. The van der Waals surface area contributed by atoms with Crippen molar-refractivity contribution in [3.05, 3.63) is 51.8 Å². The smallest absolute Gasteiger partial charge is 0.0798 e. The van der Waals surface area contributed by atoms with Crippen molar-refractivity contribution in [3.63, 3.8) is 0 Å². The maximum absolute atomic E-state index is 10.0. The summed E-state index contributed by atoms with van der Waals surface area (Å²) in [5.74, 6) is 0. The first-order valence-electron chi connectivity index (χ1n) is 7.08. The first-order chi connectivity index (χ1) is 9.58. The number of aromatic nitrogens is 2. The molecule has 1 aromatic heterocycles. The Kier molecular flexibility index (Phi) is 4.84. The molecule has 0 spiro atoms. The molecular weight excluding hydrogens is 272 g/mol. The van der Waals surface area contributed by atoms with Crippen molar-refractivity contribution >= 4 is 11.6 Å². The molecule has 0 fully saturated rings. The minimum absolute atomic E-state index is 0.486. The molecule has 1 unspecified atom stereocenters. The molecule has 1 aromatic carbocycles. The average molecular weight is 293 g/mol. The molecule has 108 valence electrons. The van der Waals surface area contributed by atoms with E-state index < -0.39 is 6.10 Å². The summed E-state index contributed by atoms with van der Waals surface area (Å²) in [5.41, 5.74) is 4.09. The highest BCUT2D eigenvalue weighted by Crippen LogP contribution is 2.25. The van der Waals surface area contributed by atoms with Gasteiger partial charge in [0.1, 0.15) is 0 Å². The summed E-state index contributed by atoms with van der Waals surface area (Å²) >= 11 is 6.22. The van der Waals surface area contributed by atoms with Crippen molar-refractivity contribution in [1.82, 2.24) is 9.78 Å². The van der Waals surface area contributed by atoms with Crippen molar-refractivity contribution in [3.8, 4) is 0 Å². The third-order valence-corrected chi connectivity index (χ3v) is 3.91. The summed E-state index contributed by atoms with van der Waals surface area (Å²) in [5, 5.41) is 15.4. The molecule has 3 nitrogen and oxygen atoms in total. The van der Waals surface area contributed by atoms with Gasteiger partial charge in [-0.05, 0) is 31.4 Å². The van der Waals surface area contributed by atoms with Crippen LogP contribution in [0.3, 0.4) is 0 Å². The van der Waals surface area contributed by atoms with Gasteiger partial charge in [-0.15, -0.1) is 0 Å². The van der Waals surface area contributed by atoms with Gasteiger partial charge in [-0.25, -0.2) is 0 Å². The SMILES string of the molecule is CCc1nn(Cc2ccccc2Cl)c(CC)c1C(C)O. The van der Waals surface area contributed by atoms with Gasteiger partial charge in [0.05, 0.1) is 18.3 Å². The van der Waals surface area contributed by atoms with E-state index in [-0.39, 0.29) is 0 Å².